The first-order valence-corrected chi connectivity index (χ1v) is 7.91. The molecular weight excluding hydrogens is 335 g/mol. The van der Waals surface area contributed by atoms with Crippen LogP contribution in [0, 0.1) is 0 Å². The van der Waals surface area contributed by atoms with E-state index in [1.807, 2.05) is 13.8 Å². The number of amides is 1. The molecule has 0 unspecified atom stereocenters. The van der Waals surface area contributed by atoms with Crippen molar-refractivity contribution in [2.24, 2.45) is 0 Å². The van der Waals surface area contributed by atoms with E-state index in [-0.39, 0.29) is 5.69 Å². The van der Waals surface area contributed by atoms with Gasteiger partial charge in [0.1, 0.15) is 5.60 Å². The Hall–Kier alpha value is -2.12. The molecule has 0 aliphatic rings. The second-order valence-electron chi connectivity index (χ2n) is 7.49. The Bertz CT molecular complexity index is 608. The third-order valence-electron chi connectivity index (χ3n) is 3.28. The van der Waals surface area contributed by atoms with E-state index in [1.165, 1.54) is 6.07 Å². The van der Waals surface area contributed by atoms with Crippen LogP contribution in [0.2, 0.25) is 0 Å². The third kappa shape index (κ3) is 7.53. The number of halogens is 3. The van der Waals surface area contributed by atoms with Crippen molar-refractivity contribution in [1.29, 1.82) is 0 Å². The van der Waals surface area contributed by atoms with Crippen LogP contribution in [-0.4, -0.2) is 23.8 Å². The van der Waals surface area contributed by atoms with Gasteiger partial charge in [0.25, 0.3) is 0 Å². The fourth-order valence-corrected chi connectivity index (χ4v) is 2.05. The predicted octanol–water partition coefficient (Wildman–Crippen LogP) is 4.39. The van der Waals surface area contributed by atoms with Gasteiger partial charge in [-0.25, -0.2) is 4.79 Å². The molecule has 0 bridgehead atoms. The zero-order valence-corrected chi connectivity index (χ0v) is 15.2. The number of carbonyl (C=O) groups excluding carboxylic acids is 1. The maximum atomic E-state index is 12.6. The molecule has 0 saturated heterocycles. The number of rotatable bonds is 5. The van der Waals surface area contributed by atoms with Crippen LogP contribution in [0.4, 0.5) is 29.3 Å². The van der Waals surface area contributed by atoms with Crippen LogP contribution in [0.1, 0.15) is 46.6 Å². The summed E-state index contributed by atoms with van der Waals surface area (Å²) in [5, 5.41) is 5.75. The summed E-state index contributed by atoms with van der Waals surface area (Å²) in [7, 11) is 0. The lowest BCUT2D eigenvalue weighted by atomic mass is 10.0. The highest BCUT2D eigenvalue weighted by molar-refractivity contribution is 5.69. The van der Waals surface area contributed by atoms with Gasteiger partial charge in [0.2, 0.25) is 0 Å². The summed E-state index contributed by atoms with van der Waals surface area (Å²) in [5.41, 5.74) is 4.17. The summed E-state index contributed by atoms with van der Waals surface area (Å²) in [5.74, 6) is 0. The molecule has 0 fully saturated rings. The molecule has 4 N–H and O–H groups in total. The maximum Gasteiger partial charge on any atom is 0.416 e. The normalized spacial score (nSPS) is 12.6. The molecule has 5 nitrogen and oxygen atoms in total. The van der Waals surface area contributed by atoms with Crippen LogP contribution in [0.5, 0.6) is 0 Å². The van der Waals surface area contributed by atoms with Crippen LogP contribution >= 0.6 is 0 Å². The number of nitrogen functional groups attached to an aromatic ring is 1. The molecule has 1 aromatic carbocycles. The molecule has 0 heterocycles. The van der Waals surface area contributed by atoms with Crippen molar-refractivity contribution >= 4 is 17.5 Å². The lowest BCUT2D eigenvalue weighted by molar-refractivity contribution is -0.137. The Balaban J connectivity index is 2.57. The maximum absolute atomic E-state index is 12.6. The minimum Gasteiger partial charge on any atom is -0.444 e. The lowest BCUT2D eigenvalue weighted by Gasteiger charge is -2.29. The fraction of sp³-hybridized carbons (Fsp3) is 0.588. The number of hydrogen-bond acceptors (Lipinski definition) is 4. The van der Waals surface area contributed by atoms with Gasteiger partial charge in [-0.2, -0.15) is 13.2 Å². The molecule has 0 radical (unpaired) electrons. The van der Waals surface area contributed by atoms with E-state index < -0.39 is 29.0 Å². The molecule has 1 rings (SSSR count). The van der Waals surface area contributed by atoms with Crippen LogP contribution < -0.4 is 16.4 Å². The van der Waals surface area contributed by atoms with E-state index in [0.717, 1.165) is 12.1 Å². The van der Waals surface area contributed by atoms with Crippen LogP contribution in [0.25, 0.3) is 0 Å². The van der Waals surface area contributed by atoms with E-state index in [1.54, 1.807) is 20.8 Å². The van der Waals surface area contributed by atoms with Gasteiger partial charge >= 0.3 is 12.3 Å². The number of nitrogens with one attached hydrogen (secondary N) is 2. The smallest absolute Gasteiger partial charge is 0.416 e. The number of hydrogen-bond donors (Lipinski definition) is 3. The number of ether oxygens (including phenoxy) is 1. The minimum atomic E-state index is -4.42. The Labute approximate surface area is 146 Å². The number of alkyl carbamates (subject to hydrolysis) is 1. The SMILES string of the molecule is CC(C)(CCNc1ccc(C(F)(F)F)cc1N)NC(=O)OC(C)(C)C. The molecule has 0 aromatic heterocycles. The van der Waals surface area contributed by atoms with E-state index in [2.05, 4.69) is 10.6 Å². The molecule has 0 saturated carbocycles. The summed E-state index contributed by atoms with van der Waals surface area (Å²) in [6.45, 7) is 9.39. The molecule has 8 heteroatoms. The van der Waals surface area contributed by atoms with Crippen molar-refractivity contribution in [2.45, 2.75) is 58.4 Å². The lowest BCUT2D eigenvalue weighted by Crippen LogP contribution is -2.46. The van der Waals surface area contributed by atoms with Gasteiger partial charge < -0.3 is 21.1 Å². The van der Waals surface area contributed by atoms with Gasteiger partial charge in [0.15, 0.2) is 0 Å². The van der Waals surface area contributed by atoms with Crippen molar-refractivity contribution in [1.82, 2.24) is 5.32 Å². The van der Waals surface area contributed by atoms with Crippen molar-refractivity contribution < 1.29 is 22.7 Å². The summed E-state index contributed by atoms with van der Waals surface area (Å²) in [6, 6.07) is 3.17. The topological polar surface area (TPSA) is 76.4 Å². The third-order valence-corrected chi connectivity index (χ3v) is 3.28. The van der Waals surface area contributed by atoms with Gasteiger partial charge in [-0.1, -0.05) is 0 Å². The van der Waals surface area contributed by atoms with Crippen molar-refractivity contribution in [2.75, 3.05) is 17.6 Å². The summed E-state index contributed by atoms with van der Waals surface area (Å²) in [4.78, 5) is 11.8. The second kappa shape index (κ2) is 7.41. The molecule has 0 spiro atoms. The van der Waals surface area contributed by atoms with Gasteiger partial charge in [-0.15, -0.1) is 0 Å². The Morgan fingerprint density at radius 1 is 1.16 bits per heavy atom. The Morgan fingerprint density at radius 2 is 1.76 bits per heavy atom. The highest BCUT2D eigenvalue weighted by Crippen LogP contribution is 2.32. The van der Waals surface area contributed by atoms with Gasteiger partial charge in [0.05, 0.1) is 16.9 Å². The first kappa shape index (κ1) is 20.9. The first-order valence-electron chi connectivity index (χ1n) is 7.91. The highest BCUT2D eigenvalue weighted by Gasteiger charge is 2.31. The van der Waals surface area contributed by atoms with Gasteiger partial charge in [-0.3, -0.25) is 0 Å². The average Bonchev–Trinajstić information content (AvgIpc) is 2.36. The van der Waals surface area contributed by atoms with E-state index in [4.69, 9.17) is 10.5 Å². The number of benzene rings is 1. The van der Waals surface area contributed by atoms with Crippen molar-refractivity contribution in [3.05, 3.63) is 23.8 Å². The van der Waals surface area contributed by atoms with Crippen molar-refractivity contribution in [3.63, 3.8) is 0 Å². The number of nitrogens with two attached hydrogens (primary N) is 1. The fourth-order valence-electron chi connectivity index (χ4n) is 2.05. The molecular formula is C17H26F3N3O2. The zero-order valence-electron chi connectivity index (χ0n) is 15.2. The first-order chi connectivity index (χ1) is 11.2. The zero-order chi connectivity index (χ0) is 19.5. The van der Waals surface area contributed by atoms with Gasteiger partial charge in [-0.05, 0) is 59.2 Å². The van der Waals surface area contributed by atoms with Crippen LogP contribution in [0.15, 0.2) is 18.2 Å². The summed E-state index contributed by atoms with van der Waals surface area (Å²) >= 11 is 0. The molecule has 25 heavy (non-hydrogen) atoms. The molecule has 142 valence electrons. The number of anilines is 2. The minimum absolute atomic E-state index is 0.0210. The monoisotopic (exact) mass is 361 g/mol. The van der Waals surface area contributed by atoms with E-state index >= 15 is 0 Å². The summed E-state index contributed by atoms with van der Waals surface area (Å²) < 4.78 is 43.1. The standard InChI is InChI=1S/C17H26F3N3O2/c1-15(2,3)25-14(24)23-16(4,5)8-9-22-13-7-6-11(10-12(13)21)17(18,19)20/h6-7,10,22H,8-9,21H2,1-5H3,(H,23,24). The number of alkyl halides is 3. The largest absolute Gasteiger partial charge is 0.444 e. The molecule has 1 amide bonds. The van der Waals surface area contributed by atoms with Crippen LogP contribution in [0.3, 0.4) is 0 Å². The summed E-state index contributed by atoms with van der Waals surface area (Å²) in [6.07, 6.45) is -4.43. The Morgan fingerprint density at radius 3 is 2.24 bits per heavy atom. The molecule has 0 aliphatic heterocycles. The molecule has 0 aliphatic carbocycles. The Kier molecular flexibility index (Phi) is 6.20. The van der Waals surface area contributed by atoms with Crippen LogP contribution in [-0.2, 0) is 10.9 Å². The second-order valence-corrected chi connectivity index (χ2v) is 7.49. The van der Waals surface area contributed by atoms with E-state index in [0.29, 0.717) is 18.7 Å². The van der Waals surface area contributed by atoms with E-state index in [9.17, 15) is 18.0 Å². The highest BCUT2D eigenvalue weighted by atomic mass is 19.4. The average molecular weight is 361 g/mol. The van der Waals surface area contributed by atoms with Crippen molar-refractivity contribution in [3.8, 4) is 0 Å². The molecule has 0 atom stereocenters. The van der Waals surface area contributed by atoms with Gasteiger partial charge in [0, 0.05) is 12.1 Å². The quantitative estimate of drug-likeness (QED) is 0.680. The molecule has 1 aromatic rings. The predicted molar refractivity (Wildman–Crippen MR) is 92.4 cm³/mol. The number of carbonyl (C=O) groups is 1.